The van der Waals surface area contributed by atoms with Gasteiger partial charge in [-0.3, -0.25) is 5.01 Å². The zero-order valence-electron chi connectivity index (χ0n) is 14.3. The smallest absolute Gasteiger partial charge is 0.171 e. The third-order valence-corrected chi connectivity index (χ3v) is 4.52. The van der Waals surface area contributed by atoms with E-state index in [4.69, 9.17) is 20.9 Å². The Kier molecular flexibility index (Phi) is 6.16. The van der Waals surface area contributed by atoms with Gasteiger partial charge in [0.25, 0.3) is 0 Å². The number of nitrogens with two attached hydrogens (primary N) is 3. The van der Waals surface area contributed by atoms with Gasteiger partial charge in [0.2, 0.25) is 0 Å². The molecule has 0 aliphatic heterocycles. The van der Waals surface area contributed by atoms with Crippen LogP contribution in [0.3, 0.4) is 0 Å². The lowest BCUT2D eigenvalue weighted by atomic mass is 9.87. The van der Waals surface area contributed by atoms with Crippen molar-refractivity contribution in [2.75, 3.05) is 22.6 Å². The van der Waals surface area contributed by atoms with Gasteiger partial charge >= 0.3 is 0 Å². The molecule has 0 amide bonds. The van der Waals surface area contributed by atoms with Crippen LogP contribution in [-0.2, 0) is 10.6 Å². The lowest BCUT2D eigenvalue weighted by Crippen LogP contribution is -2.47. The van der Waals surface area contributed by atoms with Gasteiger partial charge in [-0.05, 0) is 30.4 Å². The SMILES string of the molecule is NSOC=C1CC(N(N)c2ncnc(NCCc3ccccc3)c2N)C1. The van der Waals surface area contributed by atoms with Crippen molar-refractivity contribution in [3.63, 3.8) is 0 Å². The Balaban J connectivity index is 1.58. The van der Waals surface area contributed by atoms with Crippen molar-refractivity contribution in [2.45, 2.75) is 25.3 Å². The fourth-order valence-electron chi connectivity index (χ4n) is 2.81. The zero-order chi connectivity index (χ0) is 18.4. The molecule has 0 spiro atoms. The number of anilines is 3. The molecule has 1 aliphatic rings. The standard InChI is InChI=1S/C17H23N7OS/c18-15-16(21-7-6-12-4-2-1-3-5-12)22-11-23-17(15)24(19)14-8-13(9-14)10-25-26-20/h1-5,10-11,14H,6-9,18-20H2,(H,21,22,23). The predicted molar refractivity (Wildman–Crippen MR) is 106 cm³/mol. The second-order valence-corrected chi connectivity index (χ2v) is 6.44. The maximum atomic E-state index is 6.23. The van der Waals surface area contributed by atoms with Crippen molar-refractivity contribution in [2.24, 2.45) is 11.0 Å². The first-order valence-electron chi connectivity index (χ1n) is 8.31. The highest BCUT2D eigenvalue weighted by molar-refractivity contribution is 7.92. The summed E-state index contributed by atoms with van der Waals surface area (Å²) in [4.78, 5) is 8.48. The molecule has 8 nitrogen and oxygen atoms in total. The molecular weight excluding hydrogens is 350 g/mol. The van der Waals surface area contributed by atoms with E-state index in [0.29, 0.717) is 17.3 Å². The van der Waals surface area contributed by atoms with Gasteiger partial charge < -0.3 is 15.2 Å². The highest BCUT2D eigenvalue weighted by Gasteiger charge is 2.30. The summed E-state index contributed by atoms with van der Waals surface area (Å²) in [7, 11) is 0. The minimum absolute atomic E-state index is 0.127. The molecule has 0 bridgehead atoms. The molecule has 1 aliphatic carbocycles. The van der Waals surface area contributed by atoms with Crippen molar-refractivity contribution in [1.82, 2.24) is 9.97 Å². The van der Waals surface area contributed by atoms with Crippen LogP contribution >= 0.6 is 12.2 Å². The normalized spacial score (nSPS) is 15.9. The van der Waals surface area contributed by atoms with E-state index in [1.807, 2.05) is 18.2 Å². The minimum atomic E-state index is 0.127. The Morgan fingerprint density at radius 2 is 2.04 bits per heavy atom. The summed E-state index contributed by atoms with van der Waals surface area (Å²) in [5.74, 6) is 7.34. The highest BCUT2D eigenvalue weighted by Crippen LogP contribution is 2.35. The van der Waals surface area contributed by atoms with Gasteiger partial charge in [0.1, 0.15) is 30.5 Å². The maximum absolute atomic E-state index is 6.23. The van der Waals surface area contributed by atoms with E-state index in [2.05, 4.69) is 27.4 Å². The summed E-state index contributed by atoms with van der Waals surface area (Å²) >= 11 is 0.825. The molecule has 9 heteroatoms. The van der Waals surface area contributed by atoms with Crippen molar-refractivity contribution in [3.05, 3.63) is 54.1 Å². The monoisotopic (exact) mass is 373 g/mol. The molecule has 0 unspecified atom stereocenters. The number of nitrogens with one attached hydrogen (secondary N) is 1. The fourth-order valence-corrected chi connectivity index (χ4v) is 3.00. The quantitative estimate of drug-likeness (QED) is 0.180. The number of hydrogen-bond donors (Lipinski definition) is 4. The third kappa shape index (κ3) is 4.37. The van der Waals surface area contributed by atoms with Gasteiger partial charge in [-0.15, -0.1) is 0 Å². The van der Waals surface area contributed by atoms with E-state index in [0.717, 1.165) is 43.6 Å². The average molecular weight is 373 g/mol. The van der Waals surface area contributed by atoms with Crippen LogP contribution in [0.4, 0.5) is 17.3 Å². The topological polar surface area (TPSA) is 128 Å². The van der Waals surface area contributed by atoms with Gasteiger partial charge in [0, 0.05) is 6.54 Å². The first kappa shape index (κ1) is 18.3. The van der Waals surface area contributed by atoms with E-state index in [9.17, 15) is 0 Å². The Morgan fingerprint density at radius 3 is 2.77 bits per heavy atom. The maximum Gasteiger partial charge on any atom is 0.171 e. The molecule has 0 atom stereocenters. The molecule has 0 radical (unpaired) electrons. The van der Waals surface area contributed by atoms with E-state index in [1.54, 1.807) is 11.3 Å². The van der Waals surface area contributed by atoms with Crippen LogP contribution in [0.25, 0.3) is 0 Å². The lowest BCUT2D eigenvalue weighted by molar-refractivity contribution is 0.458. The Morgan fingerprint density at radius 1 is 1.27 bits per heavy atom. The number of aromatic nitrogens is 2. The van der Waals surface area contributed by atoms with Crippen LogP contribution in [0, 0.1) is 0 Å². The van der Waals surface area contributed by atoms with E-state index in [-0.39, 0.29) is 6.04 Å². The van der Waals surface area contributed by atoms with Gasteiger partial charge in [0.05, 0.1) is 6.04 Å². The second kappa shape index (κ2) is 8.75. The minimum Gasteiger partial charge on any atom is -0.418 e. The second-order valence-electron chi connectivity index (χ2n) is 6.06. The number of nitrogen functional groups attached to an aromatic ring is 1. The lowest BCUT2D eigenvalue weighted by Gasteiger charge is -2.37. The van der Waals surface area contributed by atoms with Crippen molar-refractivity contribution >= 4 is 29.6 Å². The molecular formula is C17H23N7OS. The molecule has 138 valence electrons. The predicted octanol–water partition coefficient (Wildman–Crippen LogP) is 1.98. The molecule has 1 aromatic heterocycles. The molecule has 1 aromatic carbocycles. The van der Waals surface area contributed by atoms with E-state index >= 15 is 0 Å². The Labute approximate surface area is 157 Å². The fraction of sp³-hybridized carbons (Fsp3) is 0.294. The Hall–Kier alpha value is -2.49. The first-order valence-corrected chi connectivity index (χ1v) is 9.12. The van der Waals surface area contributed by atoms with E-state index in [1.165, 1.54) is 11.9 Å². The van der Waals surface area contributed by atoms with Crippen molar-refractivity contribution in [3.8, 4) is 0 Å². The largest absolute Gasteiger partial charge is 0.418 e. The number of hydrogen-bond acceptors (Lipinski definition) is 9. The molecule has 7 N–H and O–H groups in total. The summed E-state index contributed by atoms with van der Waals surface area (Å²) in [6, 6.07) is 10.4. The molecule has 1 saturated carbocycles. The molecule has 3 rings (SSSR count). The van der Waals surface area contributed by atoms with E-state index < -0.39 is 0 Å². The Bertz CT molecular complexity index is 748. The van der Waals surface area contributed by atoms with Crippen LogP contribution in [-0.4, -0.2) is 22.6 Å². The number of benzene rings is 1. The summed E-state index contributed by atoms with van der Waals surface area (Å²) in [6.07, 6.45) is 5.59. The third-order valence-electron chi connectivity index (χ3n) is 4.32. The highest BCUT2D eigenvalue weighted by atomic mass is 32.2. The van der Waals surface area contributed by atoms with Crippen LogP contribution < -0.4 is 27.0 Å². The molecule has 26 heavy (non-hydrogen) atoms. The van der Waals surface area contributed by atoms with Crippen LogP contribution in [0.15, 0.2) is 48.5 Å². The summed E-state index contributed by atoms with van der Waals surface area (Å²) in [5, 5.41) is 10.1. The van der Waals surface area contributed by atoms with Gasteiger partial charge in [-0.1, -0.05) is 30.3 Å². The van der Waals surface area contributed by atoms with Gasteiger partial charge in [-0.2, -0.15) is 0 Å². The summed E-state index contributed by atoms with van der Waals surface area (Å²) in [5.41, 5.74) is 9.08. The van der Waals surface area contributed by atoms with Crippen LogP contribution in [0.1, 0.15) is 18.4 Å². The van der Waals surface area contributed by atoms with Gasteiger partial charge in [0.15, 0.2) is 11.6 Å². The van der Waals surface area contributed by atoms with Crippen LogP contribution in [0.2, 0.25) is 0 Å². The summed E-state index contributed by atoms with van der Waals surface area (Å²) in [6.45, 7) is 0.722. The van der Waals surface area contributed by atoms with Crippen LogP contribution in [0.5, 0.6) is 0 Å². The van der Waals surface area contributed by atoms with Crippen molar-refractivity contribution < 1.29 is 4.18 Å². The number of nitrogens with zero attached hydrogens (tertiary/aromatic N) is 3. The summed E-state index contributed by atoms with van der Waals surface area (Å²) < 4.78 is 5.01. The molecule has 2 aromatic rings. The molecule has 0 saturated heterocycles. The van der Waals surface area contributed by atoms with Gasteiger partial charge in [-0.25, -0.2) is 20.9 Å². The average Bonchev–Trinajstić information content (AvgIpc) is 2.62. The first-order chi connectivity index (χ1) is 12.7. The molecule has 1 fully saturated rings. The zero-order valence-corrected chi connectivity index (χ0v) is 15.2. The van der Waals surface area contributed by atoms with Crippen molar-refractivity contribution in [1.29, 1.82) is 0 Å². The number of rotatable bonds is 8. The number of hydrazine groups is 1. The molecule has 1 heterocycles.